The van der Waals surface area contributed by atoms with Crippen LogP contribution in [0.25, 0.3) is 0 Å². The zero-order valence-corrected chi connectivity index (χ0v) is 18.1. The molecule has 3 rings (SSSR count). The number of benzene rings is 2. The van der Waals surface area contributed by atoms with E-state index in [1.807, 2.05) is 31.2 Å². The zero-order valence-electron chi connectivity index (χ0n) is 16.5. The lowest BCUT2D eigenvalue weighted by atomic mass is 10.1. The van der Waals surface area contributed by atoms with Crippen molar-refractivity contribution in [2.24, 2.45) is 0 Å². The fourth-order valence-corrected chi connectivity index (χ4v) is 3.49. The minimum atomic E-state index is -0.401. The summed E-state index contributed by atoms with van der Waals surface area (Å²) in [6.07, 6.45) is 0. The summed E-state index contributed by atoms with van der Waals surface area (Å²) in [5, 5.41) is 7.83. The average Bonchev–Trinajstić information content (AvgIpc) is 2.97. The topological polar surface area (TPSA) is 65.4 Å². The van der Waals surface area contributed by atoms with Crippen molar-refractivity contribution in [2.75, 3.05) is 19.5 Å². The van der Waals surface area contributed by atoms with Gasteiger partial charge in [-0.05, 0) is 25.5 Å². The van der Waals surface area contributed by atoms with Gasteiger partial charge in [0.2, 0.25) is 0 Å². The van der Waals surface area contributed by atoms with Crippen molar-refractivity contribution in [3.05, 3.63) is 69.0 Å². The number of carbonyl (C=O) groups is 1. The molecule has 1 heterocycles. The Hall–Kier alpha value is -2.70. The van der Waals surface area contributed by atoms with E-state index in [0.29, 0.717) is 40.0 Å². The molecule has 2 aromatic carbocycles. The van der Waals surface area contributed by atoms with Crippen LogP contribution in [0.2, 0.25) is 10.2 Å². The van der Waals surface area contributed by atoms with E-state index in [1.165, 1.54) is 19.8 Å². The monoisotopic (exact) mass is 433 g/mol. The van der Waals surface area contributed by atoms with Crippen molar-refractivity contribution in [1.29, 1.82) is 0 Å². The Morgan fingerprint density at radius 1 is 1.07 bits per heavy atom. The predicted molar refractivity (Wildman–Crippen MR) is 115 cm³/mol. The number of rotatable bonds is 6. The standard InChI is InChI=1S/C21H21Cl2N3O3/c1-12-5-7-14(8-6-12)11-26-20(23)19(13(2)25-26)21(27)24-16-9-15(22)17(28-3)10-18(16)29-4/h5-10H,11H2,1-4H3,(H,24,27). The van der Waals surface area contributed by atoms with Crippen LogP contribution >= 0.6 is 23.2 Å². The molecule has 0 aliphatic heterocycles. The van der Waals surface area contributed by atoms with E-state index in [0.717, 1.165) is 5.56 Å². The van der Waals surface area contributed by atoms with Gasteiger partial charge < -0.3 is 14.8 Å². The van der Waals surface area contributed by atoms with Crippen molar-refractivity contribution in [1.82, 2.24) is 9.78 Å². The summed E-state index contributed by atoms with van der Waals surface area (Å²) < 4.78 is 12.1. The van der Waals surface area contributed by atoms with Gasteiger partial charge >= 0.3 is 0 Å². The number of halogens is 2. The highest BCUT2D eigenvalue weighted by Crippen LogP contribution is 2.36. The van der Waals surface area contributed by atoms with Crippen LogP contribution in [-0.2, 0) is 6.54 Å². The van der Waals surface area contributed by atoms with Gasteiger partial charge in [0.1, 0.15) is 16.7 Å². The van der Waals surface area contributed by atoms with Gasteiger partial charge in [-0.1, -0.05) is 53.0 Å². The van der Waals surface area contributed by atoms with Crippen LogP contribution in [0.3, 0.4) is 0 Å². The Kier molecular flexibility index (Phi) is 6.35. The maximum absolute atomic E-state index is 12.9. The number of amides is 1. The third kappa shape index (κ3) is 4.49. The average molecular weight is 434 g/mol. The van der Waals surface area contributed by atoms with E-state index in [9.17, 15) is 4.79 Å². The molecule has 152 valence electrons. The highest BCUT2D eigenvalue weighted by molar-refractivity contribution is 6.34. The summed E-state index contributed by atoms with van der Waals surface area (Å²) in [5.74, 6) is 0.462. The van der Waals surface area contributed by atoms with Crippen LogP contribution in [0.4, 0.5) is 5.69 Å². The van der Waals surface area contributed by atoms with Crippen molar-refractivity contribution in [2.45, 2.75) is 20.4 Å². The normalized spacial score (nSPS) is 10.7. The van der Waals surface area contributed by atoms with Gasteiger partial charge in [0.15, 0.2) is 0 Å². The van der Waals surface area contributed by atoms with Gasteiger partial charge in [-0.25, -0.2) is 4.68 Å². The van der Waals surface area contributed by atoms with E-state index in [-0.39, 0.29) is 5.15 Å². The fourth-order valence-electron chi connectivity index (χ4n) is 2.93. The first-order valence-corrected chi connectivity index (χ1v) is 9.61. The largest absolute Gasteiger partial charge is 0.495 e. The highest BCUT2D eigenvalue weighted by Gasteiger charge is 2.22. The first kappa shape index (κ1) is 21.0. The molecule has 0 radical (unpaired) electrons. The van der Waals surface area contributed by atoms with Gasteiger partial charge in [0.05, 0.1) is 42.7 Å². The molecule has 3 aromatic rings. The molecule has 29 heavy (non-hydrogen) atoms. The lowest BCUT2D eigenvalue weighted by Gasteiger charge is -2.13. The second kappa shape index (κ2) is 8.76. The van der Waals surface area contributed by atoms with Crippen molar-refractivity contribution in [3.8, 4) is 11.5 Å². The molecular formula is C21H21Cl2N3O3. The van der Waals surface area contributed by atoms with Gasteiger partial charge in [0, 0.05) is 6.07 Å². The van der Waals surface area contributed by atoms with Crippen molar-refractivity contribution in [3.63, 3.8) is 0 Å². The molecule has 0 saturated carbocycles. The number of hydrogen-bond acceptors (Lipinski definition) is 4. The van der Waals surface area contributed by atoms with E-state index in [2.05, 4.69) is 10.4 Å². The van der Waals surface area contributed by atoms with Gasteiger partial charge in [-0.2, -0.15) is 5.10 Å². The molecule has 0 aliphatic rings. The van der Waals surface area contributed by atoms with Crippen LogP contribution in [0, 0.1) is 13.8 Å². The molecule has 0 unspecified atom stereocenters. The van der Waals surface area contributed by atoms with E-state index >= 15 is 0 Å². The van der Waals surface area contributed by atoms with E-state index in [1.54, 1.807) is 23.7 Å². The maximum Gasteiger partial charge on any atom is 0.260 e. The molecule has 0 saturated heterocycles. The number of nitrogens with one attached hydrogen (secondary N) is 1. The van der Waals surface area contributed by atoms with Crippen LogP contribution in [0.1, 0.15) is 27.2 Å². The number of aryl methyl sites for hydroxylation is 2. The smallest absolute Gasteiger partial charge is 0.260 e. The summed E-state index contributed by atoms with van der Waals surface area (Å²) in [5.41, 5.74) is 3.44. The Morgan fingerprint density at radius 2 is 1.72 bits per heavy atom. The maximum atomic E-state index is 12.9. The van der Waals surface area contributed by atoms with Crippen LogP contribution in [0.15, 0.2) is 36.4 Å². The summed E-state index contributed by atoms with van der Waals surface area (Å²) >= 11 is 12.7. The predicted octanol–water partition coefficient (Wildman–Crippen LogP) is 5.12. The van der Waals surface area contributed by atoms with Crippen LogP contribution in [0.5, 0.6) is 11.5 Å². The van der Waals surface area contributed by atoms with Crippen LogP contribution < -0.4 is 14.8 Å². The molecule has 0 atom stereocenters. The Morgan fingerprint density at radius 3 is 2.34 bits per heavy atom. The number of nitrogens with zero attached hydrogens (tertiary/aromatic N) is 2. The molecule has 0 fully saturated rings. The molecule has 1 N–H and O–H groups in total. The minimum absolute atomic E-state index is 0.263. The quantitative estimate of drug-likeness (QED) is 0.585. The number of carbonyl (C=O) groups excluding carboxylic acids is 1. The molecule has 0 spiro atoms. The van der Waals surface area contributed by atoms with E-state index < -0.39 is 5.91 Å². The Bertz CT molecular complexity index is 1050. The highest BCUT2D eigenvalue weighted by atomic mass is 35.5. The fraction of sp³-hybridized carbons (Fsp3) is 0.238. The minimum Gasteiger partial charge on any atom is -0.495 e. The molecule has 8 heteroatoms. The third-order valence-electron chi connectivity index (χ3n) is 4.47. The van der Waals surface area contributed by atoms with Gasteiger partial charge in [-0.3, -0.25) is 4.79 Å². The molecule has 6 nitrogen and oxygen atoms in total. The summed E-state index contributed by atoms with van der Waals surface area (Å²) in [6.45, 7) is 4.23. The molecule has 1 amide bonds. The lowest BCUT2D eigenvalue weighted by Crippen LogP contribution is -2.14. The van der Waals surface area contributed by atoms with Gasteiger partial charge in [0.25, 0.3) is 5.91 Å². The first-order valence-electron chi connectivity index (χ1n) is 8.85. The summed E-state index contributed by atoms with van der Waals surface area (Å²) in [6, 6.07) is 11.2. The SMILES string of the molecule is COc1cc(OC)c(NC(=O)c2c(C)nn(Cc3ccc(C)cc3)c2Cl)cc1Cl. The van der Waals surface area contributed by atoms with E-state index in [4.69, 9.17) is 32.7 Å². The summed E-state index contributed by atoms with van der Waals surface area (Å²) in [7, 11) is 3.00. The Balaban J connectivity index is 1.87. The molecule has 1 aromatic heterocycles. The summed E-state index contributed by atoms with van der Waals surface area (Å²) in [4.78, 5) is 12.9. The van der Waals surface area contributed by atoms with Crippen LogP contribution in [-0.4, -0.2) is 29.9 Å². The molecule has 0 bridgehead atoms. The third-order valence-corrected chi connectivity index (χ3v) is 5.15. The first-order chi connectivity index (χ1) is 13.8. The number of hydrogen-bond donors (Lipinski definition) is 1. The Labute approximate surface area is 179 Å². The van der Waals surface area contributed by atoms with Gasteiger partial charge in [-0.15, -0.1) is 0 Å². The van der Waals surface area contributed by atoms with Crippen molar-refractivity contribution < 1.29 is 14.3 Å². The zero-order chi connectivity index (χ0) is 21.1. The lowest BCUT2D eigenvalue weighted by molar-refractivity contribution is 0.102. The number of aromatic nitrogens is 2. The number of ether oxygens (including phenoxy) is 2. The second-order valence-corrected chi connectivity index (χ2v) is 7.30. The van der Waals surface area contributed by atoms with Crippen molar-refractivity contribution >= 4 is 34.8 Å². The number of anilines is 1. The number of methoxy groups -OCH3 is 2. The molecule has 0 aliphatic carbocycles. The second-order valence-electron chi connectivity index (χ2n) is 6.54. The molecular weight excluding hydrogens is 413 g/mol.